The van der Waals surface area contributed by atoms with Crippen LogP contribution in [-0.4, -0.2) is 43.3 Å². The molecule has 1 heterocycles. The zero-order valence-electron chi connectivity index (χ0n) is 10.7. The van der Waals surface area contributed by atoms with E-state index in [1.165, 1.54) is 0 Å². The molecule has 1 fully saturated rings. The minimum absolute atomic E-state index is 0.0968. The van der Waals surface area contributed by atoms with Crippen molar-refractivity contribution in [3.63, 3.8) is 0 Å². The summed E-state index contributed by atoms with van der Waals surface area (Å²) in [6, 6.07) is 4.22. The molecule has 1 N–H and O–H groups in total. The number of rotatable bonds is 3. The van der Waals surface area contributed by atoms with Crippen LogP contribution in [0, 0.1) is 21.4 Å². The van der Waals surface area contributed by atoms with Crippen molar-refractivity contribution in [2.45, 2.75) is 10.9 Å². The Morgan fingerprint density at radius 3 is 2.86 bits per heavy atom. The number of nitro benzene ring substituents is 1. The molecule has 10 heteroatoms. The fraction of sp³-hybridized carbons (Fsp3) is 0.364. The van der Waals surface area contributed by atoms with Gasteiger partial charge in [0, 0.05) is 31.8 Å². The van der Waals surface area contributed by atoms with Gasteiger partial charge in [-0.3, -0.25) is 10.1 Å². The first-order chi connectivity index (χ1) is 9.87. The second kappa shape index (κ2) is 5.95. The van der Waals surface area contributed by atoms with Gasteiger partial charge in [0.25, 0.3) is 5.69 Å². The van der Waals surface area contributed by atoms with Gasteiger partial charge in [0.15, 0.2) is 0 Å². The van der Waals surface area contributed by atoms with E-state index in [2.05, 4.69) is 5.32 Å². The molecule has 0 bridgehead atoms. The van der Waals surface area contributed by atoms with Crippen molar-refractivity contribution in [3.8, 4) is 6.07 Å². The highest BCUT2D eigenvalue weighted by molar-refractivity contribution is 7.89. The lowest BCUT2D eigenvalue weighted by atomic mass is 10.3. The number of hydrogen-bond acceptors (Lipinski definition) is 6. The van der Waals surface area contributed by atoms with Crippen LogP contribution in [0.4, 0.5) is 5.69 Å². The normalized spacial score (nSPS) is 19.9. The minimum Gasteiger partial charge on any atom is -0.313 e. The largest absolute Gasteiger partial charge is 0.313 e. The van der Waals surface area contributed by atoms with E-state index in [0.29, 0.717) is 6.54 Å². The maximum Gasteiger partial charge on any atom is 0.270 e. The Labute approximate surface area is 126 Å². The lowest BCUT2D eigenvalue weighted by Gasteiger charge is -2.31. The van der Waals surface area contributed by atoms with Crippen LogP contribution in [0.1, 0.15) is 0 Å². The van der Waals surface area contributed by atoms with Crippen molar-refractivity contribution in [1.29, 1.82) is 5.26 Å². The smallest absolute Gasteiger partial charge is 0.270 e. The van der Waals surface area contributed by atoms with Gasteiger partial charge in [0.2, 0.25) is 10.0 Å². The zero-order valence-corrected chi connectivity index (χ0v) is 12.3. The van der Waals surface area contributed by atoms with Gasteiger partial charge in [0.1, 0.15) is 10.9 Å². The number of nitriles is 1. The summed E-state index contributed by atoms with van der Waals surface area (Å²) in [6.45, 7) is 0.686. The number of nitrogens with zero attached hydrogens (tertiary/aromatic N) is 3. The molecule has 0 radical (unpaired) electrons. The summed E-state index contributed by atoms with van der Waals surface area (Å²) in [6.07, 6.45) is 0. The fourth-order valence-electron chi connectivity index (χ4n) is 2.01. The molecule has 2 rings (SSSR count). The molecule has 8 nitrogen and oxygen atoms in total. The van der Waals surface area contributed by atoms with Crippen molar-refractivity contribution in [1.82, 2.24) is 9.62 Å². The number of non-ortho nitro benzene ring substituents is 1. The molecule has 0 aliphatic carbocycles. The van der Waals surface area contributed by atoms with Gasteiger partial charge >= 0.3 is 0 Å². The van der Waals surface area contributed by atoms with E-state index < -0.39 is 21.0 Å². The summed E-state index contributed by atoms with van der Waals surface area (Å²) in [5.74, 6) is 0. The van der Waals surface area contributed by atoms with Crippen molar-refractivity contribution in [2.75, 3.05) is 19.6 Å². The highest BCUT2D eigenvalue weighted by Gasteiger charge is 2.35. The Balaban J connectivity index is 2.51. The van der Waals surface area contributed by atoms with E-state index in [4.69, 9.17) is 16.9 Å². The molecule has 0 spiro atoms. The molecular formula is C11H11ClN4O4S. The summed E-state index contributed by atoms with van der Waals surface area (Å²) in [5.41, 5.74) is -0.374. The monoisotopic (exact) mass is 330 g/mol. The van der Waals surface area contributed by atoms with Gasteiger partial charge in [-0.15, -0.1) is 0 Å². The number of nitro groups is 1. The molecule has 1 saturated heterocycles. The minimum atomic E-state index is -4.08. The highest BCUT2D eigenvalue weighted by Crippen LogP contribution is 2.29. The topological polar surface area (TPSA) is 116 Å². The molecular weight excluding hydrogens is 320 g/mol. The van der Waals surface area contributed by atoms with Gasteiger partial charge < -0.3 is 5.32 Å². The first kappa shape index (κ1) is 15.7. The first-order valence-electron chi connectivity index (χ1n) is 5.94. The average Bonchev–Trinajstić information content (AvgIpc) is 2.47. The fourth-order valence-corrected chi connectivity index (χ4v) is 4.05. The molecule has 0 saturated carbocycles. The molecule has 0 aromatic heterocycles. The predicted molar refractivity (Wildman–Crippen MR) is 74.3 cm³/mol. The van der Waals surface area contributed by atoms with E-state index in [1.807, 2.05) is 6.07 Å². The van der Waals surface area contributed by atoms with Crippen LogP contribution in [0.25, 0.3) is 0 Å². The predicted octanol–water partition coefficient (Wildman–Crippen LogP) is 0.734. The first-order valence-corrected chi connectivity index (χ1v) is 7.76. The van der Waals surface area contributed by atoms with Crippen molar-refractivity contribution in [3.05, 3.63) is 33.3 Å². The Kier molecular flexibility index (Phi) is 4.43. The second-order valence-corrected chi connectivity index (χ2v) is 6.60. The number of nitrogens with one attached hydrogen (secondary N) is 1. The van der Waals surface area contributed by atoms with E-state index in [9.17, 15) is 18.5 Å². The van der Waals surface area contributed by atoms with Crippen LogP contribution in [0.2, 0.25) is 5.02 Å². The van der Waals surface area contributed by atoms with Gasteiger partial charge in [-0.1, -0.05) is 11.6 Å². The molecule has 112 valence electrons. The molecule has 0 amide bonds. The maximum atomic E-state index is 12.6. The van der Waals surface area contributed by atoms with Crippen molar-refractivity contribution in [2.24, 2.45) is 0 Å². The van der Waals surface area contributed by atoms with Crippen LogP contribution in [0.3, 0.4) is 0 Å². The number of halogens is 1. The third kappa shape index (κ3) is 2.98. The number of piperazine rings is 1. The summed E-state index contributed by atoms with van der Waals surface area (Å²) >= 11 is 5.87. The van der Waals surface area contributed by atoms with Crippen LogP contribution in [0.15, 0.2) is 23.1 Å². The van der Waals surface area contributed by atoms with E-state index in [0.717, 1.165) is 22.5 Å². The zero-order chi connectivity index (χ0) is 15.6. The number of sulfonamides is 1. The van der Waals surface area contributed by atoms with E-state index in [1.54, 1.807) is 0 Å². The molecule has 1 aliphatic heterocycles. The van der Waals surface area contributed by atoms with Crippen molar-refractivity contribution >= 4 is 27.3 Å². The third-order valence-electron chi connectivity index (χ3n) is 3.06. The number of hydrogen-bond donors (Lipinski definition) is 1. The number of benzene rings is 1. The molecule has 1 aromatic carbocycles. The molecule has 1 aromatic rings. The molecule has 1 unspecified atom stereocenters. The highest BCUT2D eigenvalue weighted by atomic mass is 35.5. The Morgan fingerprint density at radius 2 is 2.24 bits per heavy atom. The summed E-state index contributed by atoms with van der Waals surface area (Å²) in [5, 5.41) is 22.6. The van der Waals surface area contributed by atoms with Crippen molar-refractivity contribution < 1.29 is 13.3 Å². The van der Waals surface area contributed by atoms with Crippen LogP contribution in [-0.2, 0) is 10.0 Å². The van der Waals surface area contributed by atoms with E-state index >= 15 is 0 Å². The second-order valence-electron chi connectivity index (χ2n) is 4.34. The van der Waals surface area contributed by atoms with E-state index in [-0.39, 0.29) is 28.7 Å². The van der Waals surface area contributed by atoms with Crippen LogP contribution < -0.4 is 5.32 Å². The van der Waals surface area contributed by atoms with Gasteiger partial charge in [-0.25, -0.2) is 8.42 Å². The van der Waals surface area contributed by atoms with Gasteiger partial charge in [-0.05, 0) is 6.07 Å². The average molecular weight is 331 g/mol. The van der Waals surface area contributed by atoms with Gasteiger partial charge in [0.05, 0.1) is 16.0 Å². The lowest BCUT2D eigenvalue weighted by molar-refractivity contribution is -0.385. The molecule has 1 atom stereocenters. The standard InChI is InChI=1S/C11H11ClN4O4S/c12-10-2-1-8(16(17)18)5-11(10)21(19,20)15-4-3-14-7-9(15)6-13/h1-2,5,9,14H,3-4,7H2. The summed E-state index contributed by atoms with van der Waals surface area (Å²) < 4.78 is 26.2. The quantitative estimate of drug-likeness (QED) is 0.645. The Bertz CT molecular complexity index is 715. The maximum absolute atomic E-state index is 12.6. The third-order valence-corrected chi connectivity index (χ3v) is 5.45. The summed E-state index contributed by atoms with van der Waals surface area (Å²) in [4.78, 5) is 9.72. The summed E-state index contributed by atoms with van der Waals surface area (Å²) in [7, 11) is -4.08. The van der Waals surface area contributed by atoms with Gasteiger partial charge in [-0.2, -0.15) is 9.57 Å². The molecule has 21 heavy (non-hydrogen) atoms. The van der Waals surface area contributed by atoms with Crippen LogP contribution in [0.5, 0.6) is 0 Å². The lowest BCUT2D eigenvalue weighted by Crippen LogP contribution is -2.52. The SMILES string of the molecule is N#CC1CNCCN1S(=O)(=O)c1cc([N+](=O)[O-])ccc1Cl. The Morgan fingerprint density at radius 1 is 1.52 bits per heavy atom. The van der Waals surface area contributed by atoms with Crippen LogP contribution >= 0.6 is 11.6 Å². The molecule has 1 aliphatic rings. The Hall–Kier alpha value is -1.73.